The second kappa shape index (κ2) is 42.0. The highest BCUT2D eigenvalue weighted by molar-refractivity contribution is 6.26. The Morgan fingerprint density at radius 2 is 0.496 bits per heavy atom. The fourth-order valence-corrected chi connectivity index (χ4v) is 17.7. The number of carbonyl (C=O) groups is 5. The molecule has 8 aliphatic rings. The molecule has 0 saturated carbocycles. The van der Waals surface area contributed by atoms with Crippen LogP contribution in [0.25, 0.3) is 55.6 Å². The third kappa shape index (κ3) is 19.9. The quantitative estimate of drug-likeness (QED) is 0.0372. The minimum Gasteiger partial charge on any atom is -0.497 e. The maximum atomic E-state index is 12.7. The molecule has 20 heteroatoms. The highest BCUT2D eigenvalue weighted by Crippen LogP contribution is 2.49. The number of ketones is 5. The van der Waals surface area contributed by atoms with Gasteiger partial charge < -0.3 is 62.1 Å². The summed E-state index contributed by atoms with van der Waals surface area (Å²) in [6, 6.07) is 56.8. The first-order valence-electron chi connectivity index (χ1n) is 43.8. The molecular weight excluding hydrogens is 1550 g/mol. The first-order chi connectivity index (χ1) is 60.2. The highest BCUT2D eigenvalue weighted by Gasteiger charge is 2.36. The van der Waals surface area contributed by atoms with Crippen LogP contribution in [0.5, 0.6) is 57.5 Å². The average molecular weight is 1660 g/mol. The van der Waals surface area contributed by atoms with Crippen LogP contribution < -0.4 is 47.4 Å². The van der Waals surface area contributed by atoms with Crippen molar-refractivity contribution >= 4 is 28.9 Å². The zero-order valence-corrected chi connectivity index (χ0v) is 72.7. The monoisotopic (exact) mass is 1660 g/mol. The van der Waals surface area contributed by atoms with Gasteiger partial charge in [-0.15, -0.1) is 0 Å². The Morgan fingerprint density at radius 3 is 0.772 bits per heavy atom. The lowest BCUT2D eigenvalue weighted by atomic mass is 10.0. The minimum atomic E-state index is 0.0353. The molecule has 0 radical (unpaired) electrons. The highest BCUT2D eigenvalue weighted by atomic mass is 16.5. The van der Waals surface area contributed by atoms with Gasteiger partial charge in [-0.1, -0.05) is 94.8 Å². The number of piperidine rings is 1. The molecule has 0 bridgehead atoms. The normalized spacial score (nSPS) is 14.6. The lowest BCUT2D eigenvalue weighted by molar-refractivity contribution is 0.103. The second-order valence-electron chi connectivity index (χ2n) is 31.6. The van der Waals surface area contributed by atoms with Gasteiger partial charge in [0.05, 0.1) is 48.8 Å². The summed E-state index contributed by atoms with van der Waals surface area (Å²) in [6.45, 7) is 27.9. The van der Waals surface area contributed by atoms with Crippen molar-refractivity contribution in [2.45, 2.75) is 85.5 Å². The number of hydrogen-bond donors (Lipinski definition) is 0. The second-order valence-corrected chi connectivity index (χ2v) is 31.6. The van der Waals surface area contributed by atoms with Crippen LogP contribution in [-0.4, -0.2) is 220 Å². The van der Waals surface area contributed by atoms with Crippen LogP contribution in [0.15, 0.2) is 182 Å². The van der Waals surface area contributed by atoms with E-state index in [4.69, 9.17) is 47.4 Å². The summed E-state index contributed by atoms with van der Waals surface area (Å²) in [4.78, 5) is 75.5. The summed E-state index contributed by atoms with van der Waals surface area (Å²) in [5.41, 5.74) is 16.3. The zero-order valence-electron chi connectivity index (χ0n) is 72.7. The van der Waals surface area contributed by atoms with E-state index >= 15 is 0 Å². The van der Waals surface area contributed by atoms with Gasteiger partial charge >= 0.3 is 0 Å². The largest absolute Gasteiger partial charge is 0.497 e. The van der Waals surface area contributed by atoms with Crippen molar-refractivity contribution < 1.29 is 71.3 Å². The molecule has 3 aliphatic heterocycles. The van der Waals surface area contributed by atoms with E-state index in [2.05, 4.69) is 52.2 Å². The molecule has 642 valence electrons. The van der Waals surface area contributed by atoms with Gasteiger partial charge in [-0.2, -0.15) is 0 Å². The fourth-order valence-electron chi connectivity index (χ4n) is 17.7. The fraction of sp³-hybridized carbons (Fsp3) is 0.369. The van der Waals surface area contributed by atoms with Crippen LogP contribution in [0.3, 0.4) is 0 Å². The standard InChI is InChI=1S/2C21H23NO3.C21H25NO3.C20H21NO3.C20H23NO3/c1-24-15-8-9-16-18(14-15)21(23)17-6-4-7-19(20(16)17)25-13-5-12-22-10-2-3-11-22;1-24-15-8-9-16-18(14-15)21(23)17-6-5-7-19(20(16)17)25-13-12-22-10-3-2-4-11-22;1-4-22(5-2)12-7-13-25-19-9-6-8-17-20(19)16-11-10-15(24-3)14-18(16)21(17)23;1-23-14-7-8-15-17(13-14)20(22)16-5-4-6-18(19(15)16)24-12-11-21-9-2-3-10-21;1-4-21(5-2)11-12-24-18-8-6-7-16-19(18)15-10-9-14(23-3)13-17(15)20(16)22/h4,6-9,14H,2-3,5,10-13H2,1H3;5-9,14H,2-4,10-13H2,1H3;6,8-11,14H,4-5,7,12-13H2,1-3H3;4-8,13H,2-3,9-12H2,1H3;6-10,13H,4-5,11-12H2,1-3H3. The molecule has 0 unspecified atom stereocenters. The number of hydrogen-bond acceptors (Lipinski definition) is 20. The molecule has 0 atom stereocenters. The Hall–Kier alpha value is -11.7. The smallest absolute Gasteiger partial charge is 0.194 e. The number of likely N-dealkylation sites (N-methyl/N-ethyl adjacent to an activating group) is 1. The molecular formula is C103H115N5O15. The van der Waals surface area contributed by atoms with E-state index in [0.717, 1.165) is 199 Å². The summed E-state index contributed by atoms with van der Waals surface area (Å²) in [5, 5.41) is 0. The van der Waals surface area contributed by atoms with Crippen LogP contribution in [0.2, 0.25) is 0 Å². The summed E-state index contributed by atoms with van der Waals surface area (Å²) >= 11 is 0. The zero-order chi connectivity index (χ0) is 85.9. The molecule has 0 spiro atoms. The maximum absolute atomic E-state index is 12.7. The van der Waals surface area contributed by atoms with Crippen LogP contribution in [-0.2, 0) is 0 Å². The third-order valence-corrected chi connectivity index (χ3v) is 24.4. The molecule has 123 heavy (non-hydrogen) atoms. The molecule has 3 heterocycles. The van der Waals surface area contributed by atoms with E-state index in [0.29, 0.717) is 101 Å². The van der Waals surface area contributed by atoms with Gasteiger partial charge in [0, 0.05) is 116 Å². The van der Waals surface area contributed by atoms with Crippen LogP contribution >= 0.6 is 0 Å². The van der Waals surface area contributed by atoms with Crippen molar-refractivity contribution in [2.24, 2.45) is 0 Å². The van der Waals surface area contributed by atoms with Gasteiger partial charge in [0.1, 0.15) is 77.3 Å². The average Bonchev–Trinajstić information content (AvgIpc) is 1.63. The number of benzene rings is 10. The van der Waals surface area contributed by atoms with Crippen LogP contribution in [0.4, 0.5) is 0 Å². The Morgan fingerprint density at radius 1 is 0.252 bits per heavy atom. The van der Waals surface area contributed by atoms with Gasteiger partial charge in [0.15, 0.2) is 28.9 Å². The van der Waals surface area contributed by atoms with Gasteiger partial charge in [-0.3, -0.25) is 33.8 Å². The van der Waals surface area contributed by atoms with Gasteiger partial charge in [-0.05, 0) is 266 Å². The number of methoxy groups -OCH3 is 5. The summed E-state index contributed by atoms with van der Waals surface area (Å²) in [6.07, 6.45) is 11.1. The van der Waals surface area contributed by atoms with Crippen LogP contribution in [0.1, 0.15) is 165 Å². The Balaban J connectivity index is 0.000000125. The Bertz CT molecular complexity index is 5180. The van der Waals surface area contributed by atoms with E-state index in [9.17, 15) is 24.0 Å². The predicted octanol–water partition coefficient (Wildman–Crippen LogP) is 18.6. The number of ether oxygens (including phenoxy) is 10. The molecule has 0 amide bonds. The van der Waals surface area contributed by atoms with Crippen molar-refractivity contribution in [3.63, 3.8) is 0 Å². The van der Waals surface area contributed by atoms with E-state index in [-0.39, 0.29) is 28.9 Å². The predicted molar refractivity (Wildman–Crippen MR) is 483 cm³/mol. The maximum Gasteiger partial charge on any atom is 0.194 e. The third-order valence-electron chi connectivity index (χ3n) is 24.4. The molecule has 0 N–H and O–H groups in total. The van der Waals surface area contributed by atoms with Crippen molar-refractivity contribution in [1.82, 2.24) is 24.5 Å². The molecule has 10 aromatic rings. The lowest BCUT2D eigenvalue weighted by Crippen LogP contribution is -2.33. The van der Waals surface area contributed by atoms with Crippen LogP contribution in [0, 0.1) is 0 Å². The molecule has 0 aromatic heterocycles. The number of rotatable bonds is 31. The first kappa shape index (κ1) is 87.7. The molecule has 3 saturated heterocycles. The molecule has 20 nitrogen and oxygen atoms in total. The summed E-state index contributed by atoms with van der Waals surface area (Å²) < 4.78 is 56.5. The van der Waals surface area contributed by atoms with Crippen molar-refractivity contribution in [1.29, 1.82) is 0 Å². The molecule has 10 aromatic carbocycles. The number of likely N-dealkylation sites (tertiary alicyclic amines) is 3. The molecule has 18 rings (SSSR count). The SMILES string of the molecule is CCN(CC)CCCOc1cccc2c1-c1ccc(OC)cc1C2=O.CCN(CC)CCOc1cccc2c1-c1ccc(OC)cc1C2=O.COc1ccc2c(c1)C(=O)c1cccc(OCCCN3CCCC3)c1-2.COc1ccc2c(c1)C(=O)c1cccc(OCCN3CCCC3)c1-2.COc1ccc2c(c1)C(=O)c1cccc(OCCN3CCCCC3)c1-2. The summed E-state index contributed by atoms with van der Waals surface area (Å²) in [7, 11) is 8.06. The first-order valence-corrected chi connectivity index (χ1v) is 43.8. The van der Waals surface area contributed by atoms with E-state index in [1.54, 1.807) is 41.6 Å². The number of carbonyl (C=O) groups excluding carboxylic acids is 5. The number of nitrogens with zero attached hydrogens (tertiary/aromatic N) is 5. The van der Waals surface area contributed by atoms with E-state index in [1.165, 1.54) is 58.0 Å². The van der Waals surface area contributed by atoms with Crippen molar-refractivity contribution in [3.05, 3.63) is 238 Å². The topological polar surface area (TPSA) is 194 Å². The summed E-state index contributed by atoms with van der Waals surface area (Å²) in [5.74, 6) is 7.66. The van der Waals surface area contributed by atoms with E-state index in [1.807, 2.05) is 176 Å². The lowest BCUT2D eigenvalue weighted by Gasteiger charge is -2.26. The minimum absolute atomic E-state index is 0.0353. The Kier molecular flexibility index (Phi) is 29.9. The van der Waals surface area contributed by atoms with Crippen molar-refractivity contribution in [2.75, 3.05) is 167 Å². The molecule has 5 aliphatic carbocycles. The van der Waals surface area contributed by atoms with E-state index < -0.39 is 0 Å². The van der Waals surface area contributed by atoms with Gasteiger partial charge in [-0.25, -0.2) is 0 Å². The van der Waals surface area contributed by atoms with Crippen molar-refractivity contribution in [3.8, 4) is 113 Å². The van der Waals surface area contributed by atoms with Gasteiger partial charge in [0.2, 0.25) is 0 Å². The Labute approximate surface area is 723 Å². The van der Waals surface area contributed by atoms with Gasteiger partial charge in [0.25, 0.3) is 0 Å². The molecule has 3 fully saturated rings. The number of fused-ring (bicyclic) bond motifs is 15.